The minimum atomic E-state index is -0.725. The van der Waals surface area contributed by atoms with Gasteiger partial charge >= 0.3 is 0 Å². The van der Waals surface area contributed by atoms with Crippen molar-refractivity contribution in [3.05, 3.63) is 18.1 Å². The molecule has 1 aromatic rings. The molecule has 0 radical (unpaired) electrons. The highest BCUT2D eigenvalue weighted by atomic mass is 16.3. The maximum Gasteiger partial charge on any atom is 0.132 e. The van der Waals surface area contributed by atoms with Crippen LogP contribution in [0.2, 0.25) is 0 Å². The molecule has 1 aromatic heterocycles. The molecule has 4 heteroatoms. The van der Waals surface area contributed by atoms with E-state index in [-0.39, 0.29) is 0 Å². The summed E-state index contributed by atoms with van der Waals surface area (Å²) in [6.07, 6.45) is 1.57. The molecule has 0 unspecified atom stereocenters. The quantitative estimate of drug-likeness (QED) is 0.845. The van der Waals surface area contributed by atoms with Crippen LogP contribution in [-0.2, 0) is 0 Å². The fraction of sp³-hybridized carbons (Fsp3) is 0.667. The van der Waals surface area contributed by atoms with Crippen molar-refractivity contribution in [3.63, 3.8) is 0 Å². The van der Waals surface area contributed by atoms with Crippen molar-refractivity contribution in [1.82, 2.24) is 9.97 Å². The Bertz CT molecular complexity index is 344. The van der Waals surface area contributed by atoms with Gasteiger partial charge in [-0.25, -0.2) is 9.97 Å². The fourth-order valence-electron chi connectivity index (χ4n) is 1.55. The summed E-state index contributed by atoms with van der Waals surface area (Å²) >= 11 is 0. The third-order valence-electron chi connectivity index (χ3n) is 2.28. The van der Waals surface area contributed by atoms with Crippen molar-refractivity contribution < 1.29 is 5.11 Å². The summed E-state index contributed by atoms with van der Waals surface area (Å²) < 4.78 is 0. The molecule has 0 spiro atoms. The van der Waals surface area contributed by atoms with E-state index in [1.54, 1.807) is 20.2 Å². The van der Waals surface area contributed by atoms with Crippen LogP contribution < -0.4 is 4.90 Å². The van der Waals surface area contributed by atoms with Gasteiger partial charge in [-0.3, -0.25) is 0 Å². The lowest BCUT2D eigenvalue weighted by Gasteiger charge is -2.26. The zero-order chi connectivity index (χ0) is 12.3. The lowest BCUT2D eigenvalue weighted by molar-refractivity contribution is 0.0884. The molecule has 1 N–H and O–H groups in total. The maximum atomic E-state index is 9.74. The second-order valence-electron chi connectivity index (χ2n) is 5.12. The van der Waals surface area contributed by atoms with E-state index >= 15 is 0 Å². The van der Waals surface area contributed by atoms with Crippen molar-refractivity contribution in [2.24, 2.45) is 0 Å². The van der Waals surface area contributed by atoms with Gasteiger partial charge in [-0.15, -0.1) is 0 Å². The minimum absolute atomic E-state index is 0.386. The minimum Gasteiger partial charge on any atom is -0.389 e. The normalized spacial score (nSPS) is 11.9. The first-order valence-electron chi connectivity index (χ1n) is 5.55. The lowest BCUT2D eigenvalue weighted by Crippen LogP contribution is -2.36. The highest BCUT2D eigenvalue weighted by molar-refractivity contribution is 5.38. The van der Waals surface area contributed by atoms with Gasteiger partial charge in [0, 0.05) is 25.4 Å². The number of hydrogen-bond acceptors (Lipinski definition) is 4. The van der Waals surface area contributed by atoms with Crippen molar-refractivity contribution in [2.45, 2.75) is 39.2 Å². The van der Waals surface area contributed by atoms with E-state index in [4.69, 9.17) is 0 Å². The van der Waals surface area contributed by atoms with Crippen LogP contribution in [0.15, 0.2) is 12.4 Å². The number of likely N-dealkylation sites (N-methyl/N-ethyl adjacent to an activating group) is 1. The third kappa shape index (κ3) is 3.77. The van der Waals surface area contributed by atoms with Crippen LogP contribution in [0, 0.1) is 0 Å². The van der Waals surface area contributed by atoms with Crippen molar-refractivity contribution in [3.8, 4) is 0 Å². The molecule has 0 amide bonds. The number of hydrogen-bond donors (Lipinski definition) is 1. The Morgan fingerprint density at radius 1 is 1.38 bits per heavy atom. The number of nitrogens with zero attached hydrogens (tertiary/aromatic N) is 3. The van der Waals surface area contributed by atoms with Crippen LogP contribution >= 0.6 is 0 Å². The summed E-state index contributed by atoms with van der Waals surface area (Å²) in [4.78, 5) is 10.4. The molecule has 0 aliphatic carbocycles. The van der Waals surface area contributed by atoms with Gasteiger partial charge in [-0.1, -0.05) is 13.8 Å². The molecule has 90 valence electrons. The Kier molecular flexibility index (Phi) is 3.86. The smallest absolute Gasteiger partial charge is 0.132 e. The first-order valence-corrected chi connectivity index (χ1v) is 5.55. The van der Waals surface area contributed by atoms with Crippen LogP contribution in [0.3, 0.4) is 0 Å². The first-order chi connectivity index (χ1) is 7.29. The summed E-state index contributed by atoms with van der Waals surface area (Å²) in [5.74, 6) is 1.23. The topological polar surface area (TPSA) is 49.2 Å². The van der Waals surface area contributed by atoms with Gasteiger partial charge in [0.2, 0.25) is 0 Å². The zero-order valence-electron chi connectivity index (χ0n) is 10.7. The van der Waals surface area contributed by atoms with Gasteiger partial charge in [-0.2, -0.15) is 0 Å². The van der Waals surface area contributed by atoms with Gasteiger partial charge < -0.3 is 10.0 Å². The zero-order valence-corrected chi connectivity index (χ0v) is 10.7. The Hall–Kier alpha value is -1.16. The third-order valence-corrected chi connectivity index (χ3v) is 2.28. The molecule has 0 saturated heterocycles. The summed E-state index contributed by atoms with van der Waals surface area (Å²) in [6, 6.07) is 1.97. The molecule has 0 atom stereocenters. The number of rotatable bonds is 4. The molecule has 0 saturated carbocycles. The van der Waals surface area contributed by atoms with Crippen LogP contribution in [-0.4, -0.2) is 34.3 Å². The molecule has 0 aliphatic rings. The van der Waals surface area contributed by atoms with Crippen molar-refractivity contribution >= 4 is 5.82 Å². The molecular weight excluding hydrogens is 202 g/mol. The lowest BCUT2D eigenvalue weighted by atomic mass is 10.1. The van der Waals surface area contributed by atoms with E-state index in [0.29, 0.717) is 12.5 Å². The predicted octanol–water partition coefficient (Wildman–Crippen LogP) is 1.81. The Morgan fingerprint density at radius 3 is 2.50 bits per heavy atom. The molecular formula is C12H21N3O. The molecule has 1 rings (SSSR count). The van der Waals surface area contributed by atoms with E-state index in [2.05, 4.69) is 23.8 Å². The van der Waals surface area contributed by atoms with Gasteiger partial charge in [0.05, 0.1) is 5.60 Å². The van der Waals surface area contributed by atoms with Gasteiger partial charge in [0.15, 0.2) is 0 Å². The average Bonchev–Trinajstić information content (AvgIpc) is 2.15. The SMILES string of the molecule is CC(C)c1cc(N(C)CC(C)(C)O)ncn1. The van der Waals surface area contributed by atoms with Gasteiger partial charge in [-0.05, 0) is 19.8 Å². The van der Waals surface area contributed by atoms with Crippen LogP contribution in [0.5, 0.6) is 0 Å². The van der Waals surface area contributed by atoms with Crippen LogP contribution in [0.25, 0.3) is 0 Å². The van der Waals surface area contributed by atoms with Crippen LogP contribution in [0.1, 0.15) is 39.3 Å². The molecule has 4 nitrogen and oxygen atoms in total. The average molecular weight is 223 g/mol. The molecule has 0 bridgehead atoms. The maximum absolute atomic E-state index is 9.74. The van der Waals surface area contributed by atoms with Crippen molar-refractivity contribution in [2.75, 3.05) is 18.5 Å². The number of aromatic nitrogens is 2. The molecule has 0 aromatic carbocycles. The highest BCUT2D eigenvalue weighted by Crippen LogP contribution is 2.17. The summed E-state index contributed by atoms with van der Waals surface area (Å²) in [7, 11) is 1.92. The van der Waals surface area contributed by atoms with E-state index in [9.17, 15) is 5.11 Å². The first kappa shape index (κ1) is 12.9. The van der Waals surface area contributed by atoms with Gasteiger partial charge in [0.1, 0.15) is 12.1 Å². The van der Waals surface area contributed by atoms with E-state index < -0.39 is 5.60 Å². The standard InChI is InChI=1S/C12H21N3O/c1-9(2)10-6-11(14-8-13-10)15(5)7-12(3,4)16/h6,8-9,16H,7H2,1-5H3. The Morgan fingerprint density at radius 2 is 2.00 bits per heavy atom. The van der Waals surface area contributed by atoms with Gasteiger partial charge in [0.25, 0.3) is 0 Å². The number of anilines is 1. The molecule has 0 fully saturated rings. The highest BCUT2D eigenvalue weighted by Gasteiger charge is 2.17. The monoisotopic (exact) mass is 223 g/mol. The summed E-state index contributed by atoms with van der Waals surface area (Å²) in [5.41, 5.74) is 0.296. The summed E-state index contributed by atoms with van der Waals surface area (Å²) in [6.45, 7) is 8.31. The van der Waals surface area contributed by atoms with Crippen molar-refractivity contribution in [1.29, 1.82) is 0 Å². The van der Waals surface area contributed by atoms with Crippen LogP contribution in [0.4, 0.5) is 5.82 Å². The van der Waals surface area contributed by atoms with E-state index in [1.807, 2.05) is 18.0 Å². The number of aliphatic hydroxyl groups is 1. The summed E-state index contributed by atoms with van der Waals surface area (Å²) in [5, 5.41) is 9.74. The molecule has 1 heterocycles. The second-order valence-corrected chi connectivity index (χ2v) is 5.12. The molecule has 0 aliphatic heterocycles. The largest absolute Gasteiger partial charge is 0.389 e. The van der Waals surface area contributed by atoms with E-state index in [1.165, 1.54) is 0 Å². The fourth-order valence-corrected chi connectivity index (χ4v) is 1.55. The Balaban J connectivity index is 2.83. The predicted molar refractivity (Wildman–Crippen MR) is 65.7 cm³/mol. The Labute approximate surface area is 97.3 Å². The molecule has 16 heavy (non-hydrogen) atoms. The van der Waals surface area contributed by atoms with E-state index in [0.717, 1.165) is 11.5 Å². The second kappa shape index (κ2) is 4.78.